The summed E-state index contributed by atoms with van der Waals surface area (Å²) >= 11 is 0. The van der Waals surface area contributed by atoms with Gasteiger partial charge in [-0.25, -0.2) is 9.78 Å². The zero-order valence-electron chi connectivity index (χ0n) is 22.4. The number of ether oxygens (including phenoxy) is 1. The molecule has 0 bridgehead atoms. The fraction of sp³-hybridized carbons (Fsp3) is 0.621. The molecular formula is C29H43N3O4. The van der Waals surface area contributed by atoms with Crippen LogP contribution in [0.15, 0.2) is 30.6 Å². The van der Waals surface area contributed by atoms with Crippen LogP contribution in [0.1, 0.15) is 96.0 Å². The minimum Gasteiger partial charge on any atom is -0.481 e. The van der Waals surface area contributed by atoms with Gasteiger partial charge in [-0.1, -0.05) is 57.2 Å². The number of aromatic nitrogens is 2. The summed E-state index contributed by atoms with van der Waals surface area (Å²) in [7, 11) is 0. The number of carbonyl (C=O) groups is 2. The summed E-state index contributed by atoms with van der Waals surface area (Å²) in [5.74, 6) is -1.36. The largest absolute Gasteiger partial charge is 0.481 e. The quantitative estimate of drug-likeness (QED) is 0.319. The second kappa shape index (κ2) is 12.9. The lowest BCUT2D eigenvalue weighted by molar-refractivity contribution is -0.142. The van der Waals surface area contributed by atoms with Crippen LogP contribution in [0.3, 0.4) is 0 Å². The van der Waals surface area contributed by atoms with Crippen LogP contribution in [-0.2, 0) is 28.8 Å². The number of nitrogens with one attached hydrogen (secondary N) is 1. The van der Waals surface area contributed by atoms with E-state index in [1.165, 1.54) is 24.8 Å². The number of aryl methyl sites for hydroxylation is 1. The first-order chi connectivity index (χ1) is 17.2. The molecule has 1 aliphatic rings. The Kier molecular flexibility index (Phi) is 9.97. The summed E-state index contributed by atoms with van der Waals surface area (Å²) in [6, 6.07) is 8.19. The van der Waals surface area contributed by atoms with Crippen molar-refractivity contribution in [2.75, 3.05) is 0 Å². The molecule has 1 aromatic heterocycles. The lowest BCUT2D eigenvalue weighted by Gasteiger charge is -2.25. The summed E-state index contributed by atoms with van der Waals surface area (Å²) in [5.41, 5.74) is 3.83. The van der Waals surface area contributed by atoms with Gasteiger partial charge in [0.2, 0.25) is 0 Å². The molecule has 0 aliphatic carbocycles. The van der Waals surface area contributed by atoms with Gasteiger partial charge in [0.05, 0.1) is 17.9 Å². The van der Waals surface area contributed by atoms with Gasteiger partial charge in [0.15, 0.2) is 0 Å². The molecule has 36 heavy (non-hydrogen) atoms. The molecule has 0 fully saturated rings. The van der Waals surface area contributed by atoms with Crippen molar-refractivity contribution in [2.24, 2.45) is 5.92 Å². The van der Waals surface area contributed by atoms with E-state index >= 15 is 0 Å². The predicted molar refractivity (Wildman–Crippen MR) is 142 cm³/mol. The van der Waals surface area contributed by atoms with Crippen molar-refractivity contribution >= 4 is 12.1 Å². The molecule has 198 valence electrons. The van der Waals surface area contributed by atoms with E-state index in [0.717, 1.165) is 49.2 Å². The smallest absolute Gasteiger partial charge is 0.407 e. The van der Waals surface area contributed by atoms with Crippen molar-refractivity contribution < 1.29 is 19.4 Å². The normalized spacial score (nSPS) is 14.4. The second-order valence-electron chi connectivity index (χ2n) is 11.0. The van der Waals surface area contributed by atoms with Crippen LogP contribution in [0.5, 0.6) is 0 Å². The molecule has 2 N–H and O–H groups in total. The lowest BCUT2D eigenvalue weighted by Crippen LogP contribution is -2.39. The number of amides is 1. The van der Waals surface area contributed by atoms with Gasteiger partial charge in [-0.15, -0.1) is 0 Å². The first-order valence-corrected chi connectivity index (χ1v) is 13.5. The number of aliphatic carboxylic acids is 1. The first-order valence-electron chi connectivity index (χ1n) is 13.5. The van der Waals surface area contributed by atoms with Crippen molar-refractivity contribution in [1.29, 1.82) is 0 Å². The van der Waals surface area contributed by atoms with E-state index in [1.807, 2.05) is 39.2 Å². The number of hydrogen-bond donors (Lipinski definition) is 2. The van der Waals surface area contributed by atoms with E-state index in [9.17, 15) is 14.7 Å². The molecule has 2 atom stereocenters. The Hall–Kier alpha value is -2.83. The molecule has 1 amide bonds. The van der Waals surface area contributed by atoms with Crippen LogP contribution in [0.2, 0.25) is 0 Å². The molecule has 3 rings (SSSR count). The van der Waals surface area contributed by atoms with Crippen LogP contribution < -0.4 is 5.32 Å². The van der Waals surface area contributed by atoms with Crippen molar-refractivity contribution in [1.82, 2.24) is 14.9 Å². The number of hydrogen-bond acceptors (Lipinski definition) is 4. The lowest BCUT2D eigenvalue weighted by atomic mass is 9.91. The van der Waals surface area contributed by atoms with E-state index in [1.54, 1.807) is 0 Å². The molecule has 7 heteroatoms. The van der Waals surface area contributed by atoms with Crippen molar-refractivity contribution in [2.45, 2.75) is 110 Å². The Balaban J connectivity index is 1.64. The fourth-order valence-corrected chi connectivity index (χ4v) is 4.97. The molecule has 0 spiro atoms. The molecule has 1 aromatic carbocycles. The van der Waals surface area contributed by atoms with Gasteiger partial charge in [0, 0.05) is 23.8 Å². The molecule has 1 unspecified atom stereocenters. The van der Waals surface area contributed by atoms with Crippen LogP contribution in [0.25, 0.3) is 5.69 Å². The Bertz CT molecular complexity index is 1010. The standard InChI is InChI=1S/C29H43N3O4/c1-5-6-7-8-9-13-23(31-28(35)36-29(2,3)4)17-15-22(27(33)34)19-24-26-18-16-21-12-10-11-14-25(21)32(26)20-30-24/h10-12,14,20,22-23H,5-9,13,15-19H2,1-4H3,(H,31,35)(H,33,34)/t22-,23?/m0/s1. The summed E-state index contributed by atoms with van der Waals surface area (Å²) in [6.07, 6.45) is 11.2. The van der Waals surface area contributed by atoms with Gasteiger partial charge in [-0.2, -0.15) is 0 Å². The summed E-state index contributed by atoms with van der Waals surface area (Å²) in [5, 5.41) is 13.0. The third kappa shape index (κ3) is 8.10. The number of nitrogens with zero attached hydrogens (tertiary/aromatic N) is 2. The molecule has 0 saturated heterocycles. The zero-order chi connectivity index (χ0) is 26.1. The zero-order valence-corrected chi connectivity index (χ0v) is 22.4. The Morgan fingerprint density at radius 1 is 1.08 bits per heavy atom. The monoisotopic (exact) mass is 497 g/mol. The van der Waals surface area contributed by atoms with Gasteiger partial charge in [-0.3, -0.25) is 4.79 Å². The molecule has 0 saturated carbocycles. The molecule has 2 heterocycles. The van der Waals surface area contributed by atoms with Gasteiger partial charge in [-0.05, 0) is 64.5 Å². The van der Waals surface area contributed by atoms with Crippen LogP contribution in [-0.4, -0.2) is 38.4 Å². The highest BCUT2D eigenvalue weighted by Gasteiger charge is 2.27. The van der Waals surface area contributed by atoms with Crippen LogP contribution in [0.4, 0.5) is 4.79 Å². The number of alkyl carbamates (subject to hydrolysis) is 1. The minimum atomic E-state index is -0.813. The maximum atomic E-state index is 12.4. The molecule has 0 radical (unpaired) electrons. The second-order valence-corrected chi connectivity index (χ2v) is 11.0. The Morgan fingerprint density at radius 2 is 1.83 bits per heavy atom. The summed E-state index contributed by atoms with van der Waals surface area (Å²) in [4.78, 5) is 29.3. The first kappa shape index (κ1) is 27.8. The Labute approximate surface area is 215 Å². The number of benzene rings is 1. The van der Waals surface area contributed by atoms with Gasteiger partial charge < -0.3 is 19.7 Å². The number of unbranched alkanes of at least 4 members (excludes halogenated alkanes) is 4. The minimum absolute atomic E-state index is 0.105. The van der Waals surface area contributed by atoms with Crippen molar-refractivity contribution in [3.8, 4) is 5.69 Å². The summed E-state index contributed by atoms with van der Waals surface area (Å²) in [6.45, 7) is 7.72. The number of rotatable bonds is 13. The van der Waals surface area contributed by atoms with Crippen LogP contribution >= 0.6 is 0 Å². The number of carboxylic acid groups (broad SMARTS) is 1. The highest BCUT2D eigenvalue weighted by atomic mass is 16.6. The fourth-order valence-electron chi connectivity index (χ4n) is 4.97. The maximum Gasteiger partial charge on any atom is 0.407 e. The molecule has 2 aromatic rings. The SMILES string of the molecule is CCCCCCCC(CC[C@@H](Cc1ncn2c1CCc1ccccc1-2)C(=O)O)NC(=O)OC(C)(C)C. The van der Waals surface area contributed by atoms with E-state index in [-0.39, 0.29) is 6.04 Å². The topological polar surface area (TPSA) is 93.5 Å². The van der Waals surface area contributed by atoms with Gasteiger partial charge in [0.1, 0.15) is 5.60 Å². The van der Waals surface area contributed by atoms with Crippen LogP contribution in [0, 0.1) is 5.92 Å². The third-order valence-corrected chi connectivity index (χ3v) is 6.86. The van der Waals surface area contributed by atoms with E-state index in [0.29, 0.717) is 19.3 Å². The van der Waals surface area contributed by atoms with Gasteiger partial charge in [0.25, 0.3) is 0 Å². The highest BCUT2D eigenvalue weighted by Crippen LogP contribution is 2.28. The van der Waals surface area contributed by atoms with Gasteiger partial charge >= 0.3 is 12.1 Å². The number of fused-ring (bicyclic) bond motifs is 3. The molecule has 7 nitrogen and oxygen atoms in total. The van der Waals surface area contributed by atoms with Crippen molar-refractivity contribution in [3.63, 3.8) is 0 Å². The van der Waals surface area contributed by atoms with E-state index < -0.39 is 23.6 Å². The average Bonchev–Trinajstić information content (AvgIpc) is 3.23. The maximum absolute atomic E-state index is 12.4. The van der Waals surface area contributed by atoms with Crippen molar-refractivity contribution in [3.05, 3.63) is 47.5 Å². The molecular weight excluding hydrogens is 454 g/mol. The average molecular weight is 498 g/mol. The number of imidazole rings is 1. The van der Waals surface area contributed by atoms with E-state index in [4.69, 9.17) is 4.74 Å². The number of carboxylic acids is 1. The third-order valence-electron chi connectivity index (χ3n) is 6.86. The highest BCUT2D eigenvalue weighted by molar-refractivity contribution is 5.70. The molecule has 1 aliphatic heterocycles. The Morgan fingerprint density at radius 3 is 2.56 bits per heavy atom. The number of carbonyl (C=O) groups excluding carboxylic acids is 1. The predicted octanol–water partition coefficient (Wildman–Crippen LogP) is 6.25. The summed E-state index contributed by atoms with van der Waals surface area (Å²) < 4.78 is 7.57. The van der Waals surface area contributed by atoms with E-state index in [2.05, 4.69) is 33.9 Å². The number of para-hydroxylation sites is 1.